The molecule has 1 saturated heterocycles. The van der Waals surface area contributed by atoms with Crippen LogP contribution in [-0.4, -0.2) is 71.2 Å². The number of aliphatic hydroxyl groups is 3. The molecule has 220 valence electrons. The van der Waals surface area contributed by atoms with Crippen LogP contribution in [0.1, 0.15) is 31.0 Å². The molecule has 3 aromatic rings. The van der Waals surface area contributed by atoms with Gasteiger partial charge in [0.2, 0.25) is 5.91 Å². The molecule has 0 aliphatic carbocycles. The lowest BCUT2D eigenvalue weighted by atomic mass is 9.78. The number of benzene rings is 2. The maximum Gasteiger partial charge on any atom is 0.586 e. The van der Waals surface area contributed by atoms with Crippen LogP contribution in [0.25, 0.3) is 10.9 Å². The van der Waals surface area contributed by atoms with Crippen molar-refractivity contribution in [3.8, 4) is 17.2 Å². The molecule has 4 heterocycles. The van der Waals surface area contributed by atoms with Gasteiger partial charge in [0.05, 0.1) is 37.1 Å². The number of hydrogen-bond acceptors (Lipinski definition) is 8. The number of alkyl halides is 2. The Labute approximate surface area is 232 Å². The molecule has 13 heteroatoms. The average molecular weight is 579 g/mol. The maximum atomic E-state index is 15.5. The van der Waals surface area contributed by atoms with Crippen molar-refractivity contribution in [1.82, 2.24) is 4.57 Å². The molecule has 1 fully saturated rings. The smallest absolute Gasteiger partial charge is 0.492 e. The van der Waals surface area contributed by atoms with E-state index in [1.165, 1.54) is 24.3 Å². The van der Waals surface area contributed by atoms with Crippen molar-refractivity contribution in [3.05, 3.63) is 47.4 Å². The molecule has 3 aliphatic rings. The van der Waals surface area contributed by atoms with Gasteiger partial charge in [0, 0.05) is 47.4 Å². The molecular weight excluding hydrogens is 549 g/mol. The number of rotatable bonds is 7. The van der Waals surface area contributed by atoms with E-state index in [9.17, 15) is 28.9 Å². The highest BCUT2D eigenvalue weighted by atomic mass is 19.3. The first-order valence-corrected chi connectivity index (χ1v) is 13.2. The molecule has 4 N–H and O–H groups in total. The predicted molar refractivity (Wildman–Crippen MR) is 138 cm³/mol. The highest BCUT2D eigenvalue weighted by Crippen LogP contribution is 2.50. The summed E-state index contributed by atoms with van der Waals surface area (Å²) in [6, 6.07) is 6.96. The molecule has 1 amide bonds. The molecule has 2 atom stereocenters. The SMILES string of the molecule is C[C@]1(C(=O)Nc2cc3cc(C4(CO)CCOCC4)n(C[C@@H](O)CO)c3cc2F)COc2cc3c(cc21)OC(F)(F)O3. The monoisotopic (exact) mass is 578 g/mol. The van der Waals surface area contributed by atoms with Gasteiger partial charge in [-0.25, -0.2) is 4.39 Å². The van der Waals surface area contributed by atoms with E-state index >= 15 is 4.39 Å². The molecule has 0 bridgehead atoms. The number of anilines is 1. The van der Waals surface area contributed by atoms with E-state index in [1.54, 1.807) is 17.6 Å². The highest BCUT2D eigenvalue weighted by Gasteiger charge is 2.49. The van der Waals surface area contributed by atoms with Gasteiger partial charge in [0.15, 0.2) is 11.5 Å². The summed E-state index contributed by atoms with van der Waals surface area (Å²) < 4.78 is 64.4. The van der Waals surface area contributed by atoms with Crippen LogP contribution in [0.5, 0.6) is 17.2 Å². The average Bonchev–Trinajstić information content (AvgIpc) is 3.57. The second-order valence-corrected chi connectivity index (χ2v) is 11.0. The maximum absolute atomic E-state index is 15.5. The van der Waals surface area contributed by atoms with Crippen LogP contribution in [-0.2, 0) is 26.9 Å². The summed E-state index contributed by atoms with van der Waals surface area (Å²) in [5.74, 6) is -1.67. The zero-order valence-corrected chi connectivity index (χ0v) is 22.1. The lowest BCUT2D eigenvalue weighted by Crippen LogP contribution is -2.39. The van der Waals surface area contributed by atoms with Gasteiger partial charge in [-0.15, -0.1) is 8.78 Å². The normalized spacial score (nSPS) is 22.8. The summed E-state index contributed by atoms with van der Waals surface area (Å²) in [4.78, 5) is 13.5. The van der Waals surface area contributed by atoms with Crippen molar-refractivity contribution in [2.75, 3.05) is 38.4 Å². The Morgan fingerprint density at radius 1 is 1.07 bits per heavy atom. The Kier molecular flexibility index (Phi) is 6.60. The van der Waals surface area contributed by atoms with Gasteiger partial charge < -0.3 is 44.2 Å². The highest BCUT2D eigenvalue weighted by molar-refractivity contribution is 6.01. The van der Waals surface area contributed by atoms with Crippen LogP contribution in [0.15, 0.2) is 30.3 Å². The third kappa shape index (κ3) is 4.56. The first-order chi connectivity index (χ1) is 19.5. The number of hydrogen-bond donors (Lipinski definition) is 4. The second-order valence-electron chi connectivity index (χ2n) is 11.0. The van der Waals surface area contributed by atoms with Crippen molar-refractivity contribution < 1.29 is 52.2 Å². The number of halogens is 3. The van der Waals surface area contributed by atoms with Crippen LogP contribution < -0.4 is 19.5 Å². The van der Waals surface area contributed by atoms with Gasteiger partial charge >= 0.3 is 6.29 Å². The second kappa shape index (κ2) is 9.79. The van der Waals surface area contributed by atoms with Gasteiger partial charge in [-0.05, 0) is 38.0 Å². The largest absolute Gasteiger partial charge is 0.586 e. The number of amides is 1. The zero-order valence-electron chi connectivity index (χ0n) is 22.1. The molecule has 2 aromatic carbocycles. The third-order valence-electron chi connectivity index (χ3n) is 8.25. The van der Waals surface area contributed by atoms with Gasteiger partial charge in [0.1, 0.15) is 23.6 Å². The molecule has 3 aliphatic heterocycles. The fourth-order valence-corrected chi connectivity index (χ4v) is 5.82. The zero-order chi connectivity index (χ0) is 29.2. The molecule has 6 rings (SSSR count). The Bertz CT molecular complexity index is 1520. The molecule has 10 nitrogen and oxygen atoms in total. The van der Waals surface area contributed by atoms with E-state index in [-0.39, 0.29) is 48.3 Å². The minimum Gasteiger partial charge on any atom is -0.492 e. The summed E-state index contributed by atoms with van der Waals surface area (Å²) in [7, 11) is 0. The van der Waals surface area contributed by atoms with Crippen molar-refractivity contribution in [2.45, 2.75) is 49.5 Å². The lowest BCUT2D eigenvalue weighted by Gasteiger charge is -2.36. The molecule has 0 unspecified atom stereocenters. The van der Waals surface area contributed by atoms with Gasteiger partial charge in [0.25, 0.3) is 0 Å². The van der Waals surface area contributed by atoms with E-state index in [0.29, 0.717) is 42.7 Å². The Morgan fingerprint density at radius 2 is 1.78 bits per heavy atom. The quantitative estimate of drug-likeness (QED) is 0.337. The fraction of sp³-hybridized carbons (Fsp3) is 0.464. The summed E-state index contributed by atoms with van der Waals surface area (Å²) in [6.07, 6.45) is -3.95. The number of nitrogens with zero attached hydrogens (tertiary/aromatic N) is 1. The first-order valence-electron chi connectivity index (χ1n) is 13.2. The van der Waals surface area contributed by atoms with E-state index in [4.69, 9.17) is 9.47 Å². The Balaban J connectivity index is 1.35. The topological polar surface area (TPSA) is 132 Å². The van der Waals surface area contributed by atoms with Crippen LogP contribution in [0.4, 0.5) is 18.9 Å². The van der Waals surface area contributed by atoms with Gasteiger partial charge in [-0.1, -0.05) is 0 Å². The van der Waals surface area contributed by atoms with Crippen molar-refractivity contribution in [1.29, 1.82) is 0 Å². The number of carbonyl (C=O) groups excluding carboxylic acids is 1. The van der Waals surface area contributed by atoms with Crippen LogP contribution in [0, 0.1) is 5.82 Å². The Morgan fingerprint density at radius 3 is 2.46 bits per heavy atom. The van der Waals surface area contributed by atoms with E-state index in [2.05, 4.69) is 14.8 Å². The van der Waals surface area contributed by atoms with Crippen LogP contribution >= 0.6 is 0 Å². The number of aromatic nitrogens is 1. The van der Waals surface area contributed by atoms with Crippen LogP contribution in [0.2, 0.25) is 0 Å². The molecule has 41 heavy (non-hydrogen) atoms. The van der Waals surface area contributed by atoms with E-state index < -0.39 is 41.6 Å². The van der Waals surface area contributed by atoms with Gasteiger partial charge in [-0.3, -0.25) is 4.79 Å². The number of carbonyl (C=O) groups is 1. The first kappa shape index (κ1) is 27.6. The van der Waals surface area contributed by atoms with Gasteiger partial charge in [-0.2, -0.15) is 0 Å². The molecule has 1 aromatic heterocycles. The summed E-state index contributed by atoms with van der Waals surface area (Å²) in [5, 5.41) is 33.3. The predicted octanol–water partition coefficient (Wildman–Crippen LogP) is 2.78. The number of nitrogens with one attached hydrogen (secondary N) is 1. The molecule has 0 spiro atoms. The van der Waals surface area contributed by atoms with E-state index in [1.807, 2.05) is 0 Å². The van der Waals surface area contributed by atoms with Crippen LogP contribution in [0.3, 0.4) is 0 Å². The standard InChI is InChI=1S/C28H29F3N2O8/c1-26(14-39-21-10-23-22(8-17(21)26)40-28(30,31)41-23)25(37)32-19-6-15-7-24(27(13-35)2-4-38-5-3-27)33(11-16(36)12-34)20(15)9-18(19)29/h6-10,16,34-36H,2-5,11-14H2,1H3,(H,32,37)/t16-,26+/m1/s1. The minimum atomic E-state index is -3.84. The molecule has 0 saturated carbocycles. The number of ether oxygens (including phenoxy) is 4. The molecule has 0 radical (unpaired) electrons. The summed E-state index contributed by atoms with van der Waals surface area (Å²) >= 11 is 0. The fourth-order valence-electron chi connectivity index (χ4n) is 5.82. The summed E-state index contributed by atoms with van der Waals surface area (Å²) in [5.41, 5.74) is -0.831. The van der Waals surface area contributed by atoms with E-state index in [0.717, 1.165) is 0 Å². The third-order valence-corrected chi connectivity index (χ3v) is 8.25. The summed E-state index contributed by atoms with van der Waals surface area (Å²) in [6.45, 7) is 1.51. The molecular formula is C28H29F3N2O8. The number of fused-ring (bicyclic) bond motifs is 3. The van der Waals surface area contributed by atoms with Crippen molar-refractivity contribution in [2.24, 2.45) is 0 Å². The Hall–Kier alpha value is -3.52. The minimum absolute atomic E-state index is 0.0373. The number of aliphatic hydroxyl groups excluding tert-OH is 3. The van der Waals surface area contributed by atoms with Crippen molar-refractivity contribution in [3.63, 3.8) is 0 Å². The van der Waals surface area contributed by atoms with Crippen molar-refractivity contribution >= 4 is 22.5 Å². The lowest BCUT2D eigenvalue weighted by molar-refractivity contribution is -0.286.